The third-order valence-electron chi connectivity index (χ3n) is 8.67. The number of aryl methyl sites for hydroxylation is 1. The van der Waals surface area contributed by atoms with Gasteiger partial charge in [-0.1, -0.05) is 35.9 Å². The van der Waals surface area contributed by atoms with E-state index in [0.29, 0.717) is 58.3 Å². The van der Waals surface area contributed by atoms with Crippen LogP contribution in [0, 0.1) is 18.3 Å². The topological polar surface area (TPSA) is 90.6 Å². The molecular formula is C35H34ClN5O3. The molecule has 8 nitrogen and oxygen atoms in total. The molecule has 3 aromatic carbocycles. The van der Waals surface area contributed by atoms with Crippen molar-refractivity contribution in [3.63, 3.8) is 0 Å². The summed E-state index contributed by atoms with van der Waals surface area (Å²) in [5.74, 6) is -0.400. The number of anilines is 1. The number of morpholine rings is 1. The number of nitrogens with one attached hydrogen (secondary N) is 1. The fraction of sp³-hybridized carbons (Fsp3) is 0.286. The molecule has 1 saturated heterocycles. The molecule has 4 aromatic rings. The summed E-state index contributed by atoms with van der Waals surface area (Å²) in [6, 6.07) is 22.4. The molecule has 1 N–H and O–H groups in total. The predicted octanol–water partition coefficient (Wildman–Crippen LogP) is 5.68. The highest BCUT2D eigenvalue weighted by Crippen LogP contribution is 2.35. The number of hydrogen-bond donors (Lipinski definition) is 1. The molecule has 0 bridgehead atoms. The second-order valence-corrected chi connectivity index (χ2v) is 11.9. The van der Waals surface area contributed by atoms with E-state index in [0.717, 1.165) is 37.3 Å². The van der Waals surface area contributed by atoms with Gasteiger partial charge in [-0.2, -0.15) is 5.26 Å². The number of amides is 2. The smallest absolute Gasteiger partial charge is 0.258 e. The van der Waals surface area contributed by atoms with Gasteiger partial charge in [-0.05, 0) is 72.5 Å². The number of aromatic nitrogens is 1. The van der Waals surface area contributed by atoms with E-state index in [2.05, 4.69) is 34.5 Å². The van der Waals surface area contributed by atoms with Crippen LogP contribution < -0.4 is 5.32 Å². The Morgan fingerprint density at radius 2 is 1.75 bits per heavy atom. The molecule has 1 fully saturated rings. The van der Waals surface area contributed by atoms with Crippen LogP contribution in [0.25, 0.3) is 11.1 Å². The minimum Gasteiger partial charge on any atom is -0.379 e. The Morgan fingerprint density at radius 1 is 1.02 bits per heavy atom. The molecule has 0 spiro atoms. The zero-order chi connectivity index (χ0) is 30.8. The van der Waals surface area contributed by atoms with Crippen molar-refractivity contribution in [1.29, 1.82) is 5.26 Å². The van der Waals surface area contributed by atoms with Crippen molar-refractivity contribution in [3.05, 3.63) is 111 Å². The number of rotatable bonds is 6. The van der Waals surface area contributed by atoms with Gasteiger partial charge in [0.1, 0.15) is 0 Å². The predicted molar refractivity (Wildman–Crippen MR) is 171 cm³/mol. The Kier molecular flexibility index (Phi) is 8.53. The van der Waals surface area contributed by atoms with Crippen molar-refractivity contribution < 1.29 is 14.3 Å². The molecule has 2 aliphatic heterocycles. The third kappa shape index (κ3) is 6.00. The van der Waals surface area contributed by atoms with Crippen LogP contribution in [-0.4, -0.2) is 65.1 Å². The number of halogens is 1. The average molecular weight is 608 g/mol. The molecule has 0 unspecified atom stereocenters. The molecular weight excluding hydrogens is 574 g/mol. The van der Waals surface area contributed by atoms with Gasteiger partial charge in [0, 0.05) is 73.0 Å². The van der Waals surface area contributed by atoms with E-state index in [1.54, 1.807) is 42.5 Å². The molecule has 1 aromatic heterocycles. The number of fused-ring (bicyclic) bond motifs is 1. The molecule has 0 aliphatic carbocycles. The van der Waals surface area contributed by atoms with E-state index in [9.17, 15) is 9.59 Å². The summed E-state index contributed by atoms with van der Waals surface area (Å²) in [6.07, 6.45) is 2.65. The first kappa shape index (κ1) is 29.6. The Morgan fingerprint density at radius 3 is 2.48 bits per heavy atom. The van der Waals surface area contributed by atoms with Gasteiger partial charge in [0.15, 0.2) is 0 Å². The van der Waals surface area contributed by atoms with Crippen molar-refractivity contribution in [2.45, 2.75) is 25.9 Å². The van der Waals surface area contributed by atoms with Gasteiger partial charge in [-0.15, -0.1) is 0 Å². The Balaban J connectivity index is 1.37. The van der Waals surface area contributed by atoms with Crippen LogP contribution in [0.2, 0.25) is 5.02 Å². The van der Waals surface area contributed by atoms with Crippen molar-refractivity contribution in [1.82, 2.24) is 14.4 Å². The lowest BCUT2D eigenvalue weighted by molar-refractivity contribution is 0.0193. The van der Waals surface area contributed by atoms with E-state index in [4.69, 9.17) is 21.6 Å². The summed E-state index contributed by atoms with van der Waals surface area (Å²) in [4.78, 5) is 32.7. The summed E-state index contributed by atoms with van der Waals surface area (Å²) >= 11 is 6.54. The minimum absolute atomic E-state index is 0.0179. The molecule has 2 amide bonds. The number of nitriles is 1. The Bertz CT molecular complexity index is 1750. The average Bonchev–Trinajstić information content (AvgIpc) is 3.34. The number of benzene rings is 3. The van der Waals surface area contributed by atoms with Crippen LogP contribution >= 0.6 is 11.6 Å². The van der Waals surface area contributed by atoms with E-state index in [-0.39, 0.29) is 17.9 Å². The quantitative estimate of drug-likeness (QED) is 0.305. The fourth-order valence-electron chi connectivity index (χ4n) is 6.19. The first-order valence-corrected chi connectivity index (χ1v) is 15.2. The highest BCUT2D eigenvalue weighted by molar-refractivity contribution is 6.31. The second kappa shape index (κ2) is 12.7. The molecule has 3 heterocycles. The fourth-order valence-corrected chi connectivity index (χ4v) is 6.36. The number of ether oxygens (including phenoxy) is 1. The normalized spacial score (nSPS) is 16.7. The number of carbonyl (C=O) groups excluding carboxylic acids is 2. The van der Waals surface area contributed by atoms with E-state index in [1.165, 1.54) is 5.56 Å². The maximum Gasteiger partial charge on any atom is 0.258 e. The minimum atomic E-state index is -0.307. The van der Waals surface area contributed by atoms with Crippen LogP contribution in [-0.2, 0) is 24.8 Å². The lowest BCUT2D eigenvalue weighted by atomic mass is 9.91. The van der Waals surface area contributed by atoms with Crippen LogP contribution in [0.1, 0.15) is 43.1 Å². The first-order valence-electron chi connectivity index (χ1n) is 14.8. The Hall–Kier alpha value is -4.42. The summed E-state index contributed by atoms with van der Waals surface area (Å²) in [5.41, 5.74) is 6.45. The molecule has 224 valence electrons. The lowest BCUT2D eigenvalue weighted by Gasteiger charge is -2.40. The largest absolute Gasteiger partial charge is 0.379 e. The van der Waals surface area contributed by atoms with Crippen molar-refractivity contribution in [2.75, 3.05) is 38.2 Å². The molecule has 0 saturated carbocycles. The molecule has 9 heteroatoms. The monoisotopic (exact) mass is 607 g/mol. The maximum atomic E-state index is 14.6. The maximum absolute atomic E-state index is 14.6. The van der Waals surface area contributed by atoms with Gasteiger partial charge < -0.3 is 19.5 Å². The summed E-state index contributed by atoms with van der Waals surface area (Å²) in [7, 11) is 1.88. The third-order valence-corrected chi connectivity index (χ3v) is 8.91. The number of nitrogens with zero attached hydrogens (tertiary/aromatic N) is 4. The molecule has 1 atom stereocenters. The zero-order valence-electron chi connectivity index (χ0n) is 24.8. The van der Waals surface area contributed by atoms with Gasteiger partial charge >= 0.3 is 0 Å². The van der Waals surface area contributed by atoms with Gasteiger partial charge in [0.25, 0.3) is 11.8 Å². The Labute approximate surface area is 262 Å². The molecule has 44 heavy (non-hydrogen) atoms. The van der Waals surface area contributed by atoms with Crippen LogP contribution in [0.3, 0.4) is 0 Å². The standard InChI is InChI=1S/C35H34ClN5O3/c1-23-33(34(42)38-28-10-7-24(19-37)8-11-28)32(22-39(23)2)31-18-27(36)9-12-30(31)35(43)41-20-26-6-4-3-5-25(26)17-29(41)21-40-13-15-44-16-14-40/h3-12,18,22,29H,13-17,20-21H2,1-2H3,(H,38,42)/t29-/m0/s1. The van der Waals surface area contributed by atoms with E-state index < -0.39 is 0 Å². The van der Waals surface area contributed by atoms with Gasteiger partial charge in [-0.3, -0.25) is 14.5 Å². The van der Waals surface area contributed by atoms with Crippen LogP contribution in [0.4, 0.5) is 5.69 Å². The van der Waals surface area contributed by atoms with Crippen molar-refractivity contribution in [2.24, 2.45) is 7.05 Å². The van der Waals surface area contributed by atoms with Gasteiger partial charge in [0.2, 0.25) is 0 Å². The second-order valence-electron chi connectivity index (χ2n) is 11.4. The highest BCUT2D eigenvalue weighted by atomic mass is 35.5. The molecule has 2 aliphatic rings. The number of carbonyl (C=O) groups is 2. The van der Waals surface area contributed by atoms with Crippen LogP contribution in [0.15, 0.2) is 72.9 Å². The SMILES string of the molecule is Cc1c(C(=O)Nc2ccc(C#N)cc2)c(-c2cc(Cl)ccc2C(=O)N2Cc3ccccc3C[C@H]2CN2CCOCC2)cn1C. The summed E-state index contributed by atoms with van der Waals surface area (Å²) < 4.78 is 7.46. The lowest BCUT2D eigenvalue weighted by Crippen LogP contribution is -2.52. The zero-order valence-corrected chi connectivity index (χ0v) is 25.6. The van der Waals surface area contributed by atoms with Crippen molar-refractivity contribution >= 4 is 29.1 Å². The van der Waals surface area contributed by atoms with E-state index >= 15 is 0 Å². The van der Waals surface area contributed by atoms with Gasteiger partial charge in [-0.25, -0.2) is 0 Å². The van der Waals surface area contributed by atoms with Gasteiger partial charge in [0.05, 0.1) is 30.4 Å². The van der Waals surface area contributed by atoms with E-state index in [1.807, 2.05) is 35.7 Å². The van der Waals surface area contributed by atoms with Crippen LogP contribution in [0.5, 0.6) is 0 Å². The summed E-state index contributed by atoms with van der Waals surface area (Å²) in [5, 5.41) is 12.6. The molecule has 0 radical (unpaired) electrons. The summed E-state index contributed by atoms with van der Waals surface area (Å²) in [6.45, 7) is 6.21. The first-order chi connectivity index (χ1) is 21.3. The van der Waals surface area contributed by atoms with Crippen molar-refractivity contribution in [3.8, 4) is 17.2 Å². The molecule has 6 rings (SSSR count). The highest BCUT2D eigenvalue weighted by Gasteiger charge is 2.34. The number of hydrogen-bond acceptors (Lipinski definition) is 5.